The lowest BCUT2D eigenvalue weighted by molar-refractivity contribution is 0.287. The molecule has 3 rings (SSSR count). The summed E-state index contributed by atoms with van der Waals surface area (Å²) in [7, 11) is 0. The van der Waals surface area contributed by atoms with E-state index in [1.807, 2.05) is 13.0 Å². The number of nitrogens with zero attached hydrogens (tertiary/aromatic N) is 6. The van der Waals surface area contributed by atoms with Crippen molar-refractivity contribution in [3.63, 3.8) is 0 Å². The Morgan fingerprint density at radius 3 is 2.61 bits per heavy atom. The monoisotopic (exact) mass is 314 g/mol. The molecule has 124 valence electrons. The average molecular weight is 314 g/mol. The van der Waals surface area contributed by atoms with Gasteiger partial charge in [0.25, 0.3) is 0 Å². The molecule has 0 atom stereocenters. The summed E-state index contributed by atoms with van der Waals surface area (Å²) in [5.41, 5.74) is 2.28. The standard InChI is InChI=1S/C17H26N6/c1-4-21(5-2)13-15-12-18-16-8-9-22(10-11-23(15)16)17-7-6-14(3)19-20-17/h6-7,12H,4-5,8-11,13H2,1-3H3. The second-order valence-electron chi connectivity index (χ2n) is 6.05. The van der Waals surface area contributed by atoms with E-state index in [1.54, 1.807) is 0 Å². The quantitative estimate of drug-likeness (QED) is 0.843. The molecule has 0 amide bonds. The van der Waals surface area contributed by atoms with Crippen LogP contribution in [0.1, 0.15) is 31.1 Å². The third kappa shape index (κ3) is 3.52. The molecule has 3 heterocycles. The van der Waals surface area contributed by atoms with Crippen LogP contribution in [0, 0.1) is 6.92 Å². The van der Waals surface area contributed by atoms with E-state index in [2.05, 4.69) is 55.7 Å². The fraction of sp³-hybridized carbons (Fsp3) is 0.588. The van der Waals surface area contributed by atoms with E-state index < -0.39 is 0 Å². The summed E-state index contributed by atoms with van der Waals surface area (Å²) < 4.78 is 2.39. The normalized spacial score (nSPS) is 14.9. The third-order valence-corrected chi connectivity index (χ3v) is 4.61. The summed E-state index contributed by atoms with van der Waals surface area (Å²) in [6.07, 6.45) is 3.00. The highest BCUT2D eigenvalue weighted by Gasteiger charge is 2.19. The average Bonchev–Trinajstić information content (AvgIpc) is 2.82. The van der Waals surface area contributed by atoms with E-state index in [4.69, 9.17) is 0 Å². The van der Waals surface area contributed by atoms with Gasteiger partial charge in [-0.15, -0.1) is 5.10 Å². The predicted octanol–water partition coefficient (Wildman–Crippen LogP) is 1.89. The zero-order valence-corrected chi connectivity index (χ0v) is 14.4. The molecule has 1 aliphatic rings. The molecule has 6 nitrogen and oxygen atoms in total. The van der Waals surface area contributed by atoms with Crippen molar-refractivity contribution in [3.05, 3.63) is 35.5 Å². The van der Waals surface area contributed by atoms with E-state index in [1.165, 1.54) is 11.5 Å². The van der Waals surface area contributed by atoms with Gasteiger partial charge in [-0.25, -0.2) is 4.98 Å². The van der Waals surface area contributed by atoms with Gasteiger partial charge in [-0.2, -0.15) is 5.10 Å². The number of aryl methyl sites for hydroxylation is 1. The molecule has 0 aromatic carbocycles. The number of fused-ring (bicyclic) bond motifs is 1. The van der Waals surface area contributed by atoms with E-state index in [0.29, 0.717) is 0 Å². The van der Waals surface area contributed by atoms with Crippen LogP contribution in [0.3, 0.4) is 0 Å². The minimum atomic E-state index is 0.944. The molecule has 0 bridgehead atoms. The van der Waals surface area contributed by atoms with Gasteiger partial charge in [0.2, 0.25) is 0 Å². The first-order valence-electron chi connectivity index (χ1n) is 8.52. The highest BCUT2D eigenvalue weighted by Crippen LogP contribution is 2.17. The Morgan fingerprint density at radius 1 is 1.09 bits per heavy atom. The zero-order chi connectivity index (χ0) is 16.2. The van der Waals surface area contributed by atoms with Crippen molar-refractivity contribution in [1.29, 1.82) is 0 Å². The zero-order valence-electron chi connectivity index (χ0n) is 14.4. The summed E-state index contributed by atoms with van der Waals surface area (Å²) >= 11 is 0. The van der Waals surface area contributed by atoms with Crippen LogP contribution < -0.4 is 4.90 Å². The molecular weight excluding hydrogens is 288 g/mol. The minimum absolute atomic E-state index is 0.944. The maximum absolute atomic E-state index is 4.65. The second-order valence-corrected chi connectivity index (χ2v) is 6.05. The van der Waals surface area contributed by atoms with Crippen molar-refractivity contribution in [2.24, 2.45) is 0 Å². The summed E-state index contributed by atoms with van der Waals surface area (Å²) in [4.78, 5) is 9.39. The number of imidazole rings is 1. The predicted molar refractivity (Wildman–Crippen MR) is 91.5 cm³/mol. The summed E-state index contributed by atoms with van der Waals surface area (Å²) in [5, 5.41) is 8.51. The number of hydrogen-bond donors (Lipinski definition) is 0. The van der Waals surface area contributed by atoms with Crippen molar-refractivity contribution in [3.8, 4) is 0 Å². The Bertz CT molecular complexity index is 629. The molecule has 0 spiro atoms. The summed E-state index contributed by atoms with van der Waals surface area (Å²) in [6.45, 7) is 12.4. The summed E-state index contributed by atoms with van der Waals surface area (Å²) in [6, 6.07) is 4.09. The number of anilines is 1. The van der Waals surface area contributed by atoms with Crippen LogP contribution in [0.25, 0.3) is 0 Å². The van der Waals surface area contributed by atoms with Gasteiger partial charge in [-0.1, -0.05) is 13.8 Å². The molecule has 0 unspecified atom stereocenters. The van der Waals surface area contributed by atoms with Gasteiger partial charge in [0.05, 0.1) is 11.4 Å². The van der Waals surface area contributed by atoms with Crippen molar-refractivity contribution >= 4 is 5.82 Å². The molecule has 2 aromatic rings. The van der Waals surface area contributed by atoms with Crippen molar-refractivity contribution in [2.75, 3.05) is 31.1 Å². The Labute approximate surface area is 138 Å². The topological polar surface area (TPSA) is 50.1 Å². The van der Waals surface area contributed by atoms with Gasteiger partial charge in [-0.3, -0.25) is 4.90 Å². The van der Waals surface area contributed by atoms with Gasteiger partial charge in [0.1, 0.15) is 5.82 Å². The lowest BCUT2D eigenvalue weighted by Gasteiger charge is -2.21. The SMILES string of the molecule is CCN(CC)Cc1cnc2n1CCN(c1ccc(C)nn1)CC2. The second kappa shape index (κ2) is 7.08. The van der Waals surface area contributed by atoms with Crippen LogP contribution >= 0.6 is 0 Å². The van der Waals surface area contributed by atoms with Crippen LogP contribution in [-0.4, -0.2) is 50.8 Å². The van der Waals surface area contributed by atoms with Crippen molar-refractivity contribution in [1.82, 2.24) is 24.6 Å². The fourth-order valence-electron chi connectivity index (χ4n) is 3.09. The molecule has 1 aliphatic heterocycles. The molecule has 23 heavy (non-hydrogen) atoms. The van der Waals surface area contributed by atoms with Gasteiger partial charge in [-0.05, 0) is 32.1 Å². The van der Waals surface area contributed by atoms with Gasteiger partial charge < -0.3 is 9.47 Å². The lowest BCUT2D eigenvalue weighted by Crippen LogP contribution is -2.28. The van der Waals surface area contributed by atoms with Crippen molar-refractivity contribution in [2.45, 2.75) is 40.3 Å². The Morgan fingerprint density at radius 2 is 1.91 bits per heavy atom. The van der Waals surface area contributed by atoms with Crippen LogP contribution in [0.5, 0.6) is 0 Å². The number of aromatic nitrogens is 4. The number of hydrogen-bond acceptors (Lipinski definition) is 5. The highest BCUT2D eigenvalue weighted by atomic mass is 15.3. The van der Waals surface area contributed by atoms with E-state index in [9.17, 15) is 0 Å². The first-order valence-corrected chi connectivity index (χ1v) is 8.52. The van der Waals surface area contributed by atoms with Crippen LogP contribution in [-0.2, 0) is 19.5 Å². The molecule has 0 fully saturated rings. The largest absolute Gasteiger partial charge is 0.353 e. The molecule has 6 heteroatoms. The van der Waals surface area contributed by atoms with E-state index in [0.717, 1.165) is 57.2 Å². The Kier molecular flexibility index (Phi) is 4.91. The molecule has 0 saturated heterocycles. The molecule has 2 aromatic heterocycles. The maximum atomic E-state index is 4.65. The molecule has 0 saturated carbocycles. The fourth-order valence-corrected chi connectivity index (χ4v) is 3.09. The van der Waals surface area contributed by atoms with Crippen LogP contribution in [0.4, 0.5) is 5.82 Å². The highest BCUT2D eigenvalue weighted by molar-refractivity contribution is 5.37. The first-order chi connectivity index (χ1) is 11.2. The van der Waals surface area contributed by atoms with Crippen LogP contribution in [0.2, 0.25) is 0 Å². The number of rotatable bonds is 5. The summed E-state index contributed by atoms with van der Waals surface area (Å²) in [5.74, 6) is 2.15. The first kappa shape index (κ1) is 15.9. The molecule has 0 N–H and O–H groups in total. The Balaban J connectivity index is 1.73. The molecule has 0 aliphatic carbocycles. The van der Waals surface area contributed by atoms with Crippen LogP contribution in [0.15, 0.2) is 18.3 Å². The smallest absolute Gasteiger partial charge is 0.151 e. The van der Waals surface area contributed by atoms with E-state index in [-0.39, 0.29) is 0 Å². The molecular formula is C17H26N6. The van der Waals surface area contributed by atoms with Crippen molar-refractivity contribution < 1.29 is 0 Å². The van der Waals surface area contributed by atoms with Gasteiger partial charge in [0.15, 0.2) is 5.82 Å². The lowest BCUT2D eigenvalue weighted by atomic mass is 10.3. The maximum Gasteiger partial charge on any atom is 0.151 e. The van der Waals surface area contributed by atoms with E-state index >= 15 is 0 Å². The third-order valence-electron chi connectivity index (χ3n) is 4.61. The molecule has 0 radical (unpaired) electrons. The minimum Gasteiger partial charge on any atom is -0.353 e. The Hall–Kier alpha value is -1.95. The van der Waals surface area contributed by atoms with Gasteiger partial charge >= 0.3 is 0 Å². The van der Waals surface area contributed by atoms with Gasteiger partial charge in [0, 0.05) is 38.8 Å².